The highest BCUT2D eigenvalue weighted by Crippen LogP contribution is 2.38. The Morgan fingerprint density at radius 1 is 1.04 bits per heavy atom. The van der Waals surface area contributed by atoms with E-state index in [4.69, 9.17) is 17.3 Å². The summed E-state index contributed by atoms with van der Waals surface area (Å²) in [5.74, 6) is -0.755. The summed E-state index contributed by atoms with van der Waals surface area (Å²) in [4.78, 5) is 24.1. The van der Waals surface area contributed by atoms with Crippen LogP contribution >= 0.6 is 11.6 Å². The summed E-state index contributed by atoms with van der Waals surface area (Å²) in [7, 11) is -2.10. The molecule has 3 amide bonds. The van der Waals surface area contributed by atoms with Crippen LogP contribution in [0, 0.1) is 0 Å². The van der Waals surface area contributed by atoms with Gasteiger partial charge in [-0.3, -0.25) is 4.79 Å². The number of carbonyl (C=O) groups excluding carboxylic acids is 2. The number of fused-ring (bicyclic) bond motifs is 2. The number of anilines is 1. The molecule has 3 N–H and O–H groups in total. The second kappa shape index (κ2) is 7.56. The molecule has 2 aromatic rings. The van der Waals surface area contributed by atoms with Crippen molar-refractivity contribution in [3.63, 3.8) is 0 Å². The summed E-state index contributed by atoms with van der Waals surface area (Å²) in [6.07, 6.45) is 5.99. The van der Waals surface area contributed by atoms with E-state index >= 15 is 0 Å². The monoisotopic (exact) mass is 416 g/mol. The van der Waals surface area contributed by atoms with E-state index in [1.54, 1.807) is 0 Å². The van der Waals surface area contributed by atoms with Gasteiger partial charge in [-0.25, -0.2) is 4.79 Å². The summed E-state index contributed by atoms with van der Waals surface area (Å²) >= 11 is 5.93. The van der Waals surface area contributed by atoms with Gasteiger partial charge in [-0.1, -0.05) is 28.6 Å². The van der Waals surface area contributed by atoms with Gasteiger partial charge in [0.1, 0.15) is 0 Å². The molecule has 0 atom stereocenters. The Bertz CT molecular complexity index is 1060. The van der Waals surface area contributed by atoms with Gasteiger partial charge in [-0.15, -0.1) is 0 Å². The van der Waals surface area contributed by atoms with Crippen LogP contribution in [0.1, 0.15) is 45.5 Å². The van der Waals surface area contributed by atoms with E-state index in [1.807, 2.05) is 0 Å². The Morgan fingerprint density at radius 3 is 2.29 bits per heavy atom. The molecule has 2 aliphatic carbocycles. The van der Waals surface area contributed by atoms with Crippen molar-refractivity contribution in [3.8, 4) is 0 Å². The molecule has 0 heterocycles. The van der Waals surface area contributed by atoms with Crippen LogP contribution in [0.3, 0.4) is 0 Å². The molecule has 0 saturated carbocycles. The first kappa shape index (κ1) is 19.0. The van der Waals surface area contributed by atoms with E-state index in [-0.39, 0.29) is 15.5 Å². The van der Waals surface area contributed by atoms with E-state index in [2.05, 4.69) is 15.7 Å². The molecule has 2 aromatic carbocycles. The minimum absolute atomic E-state index is 0.0265. The molecule has 28 heavy (non-hydrogen) atoms. The van der Waals surface area contributed by atoms with Crippen molar-refractivity contribution >= 4 is 39.8 Å². The maximum absolute atomic E-state index is 12.6. The lowest BCUT2D eigenvalue weighted by Crippen LogP contribution is -2.14. The SMILES string of the molecule is NC(=O)c1ccc(Cl)cc1[S-](=O)=NC(=O)Nc1c2c(cc3c1CCC3)CCC2. The molecule has 2 aliphatic rings. The molecule has 0 unspecified atom stereocenters. The normalized spacial score (nSPS) is 15.9. The predicted octanol–water partition coefficient (Wildman–Crippen LogP) is 4.15. The number of aryl methyl sites for hydroxylation is 2. The van der Waals surface area contributed by atoms with Crippen molar-refractivity contribution in [2.75, 3.05) is 5.32 Å². The van der Waals surface area contributed by atoms with Crippen LogP contribution in [0.2, 0.25) is 5.02 Å². The molecule has 0 fully saturated rings. The van der Waals surface area contributed by atoms with Gasteiger partial charge in [0.15, 0.2) is 0 Å². The van der Waals surface area contributed by atoms with Crippen LogP contribution in [0.15, 0.2) is 33.5 Å². The highest BCUT2D eigenvalue weighted by Gasteiger charge is 2.24. The molecule has 8 heteroatoms. The van der Waals surface area contributed by atoms with Crippen molar-refractivity contribution in [2.24, 2.45) is 10.1 Å². The molecule has 0 saturated heterocycles. The highest BCUT2D eigenvalue weighted by molar-refractivity contribution is 7.75. The van der Waals surface area contributed by atoms with Crippen molar-refractivity contribution in [2.45, 2.75) is 43.4 Å². The minimum Gasteiger partial charge on any atom is -0.439 e. The molecular formula is C20H19ClN3O3S-. The Balaban J connectivity index is 1.67. The molecule has 0 bridgehead atoms. The van der Waals surface area contributed by atoms with Gasteiger partial charge in [0.05, 0.1) is 0 Å². The first-order valence-corrected chi connectivity index (χ1v) is 10.6. The number of amides is 3. The zero-order valence-corrected chi connectivity index (χ0v) is 16.7. The van der Waals surface area contributed by atoms with E-state index < -0.39 is 22.5 Å². The number of hydrogen-bond acceptors (Lipinski definition) is 4. The molecule has 6 nitrogen and oxygen atoms in total. The highest BCUT2D eigenvalue weighted by atomic mass is 35.5. The summed E-state index contributed by atoms with van der Waals surface area (Å²) in [5.41, 5.74) is 11.1. The Morgan fingerprint density at radius 2 is 1.68 bits per heavy atom. The zero-order valence-electron chi connectivity index (χ0n) is 15.1. The van der Waals surface area contributed by atoms with Crippen molar-refractivity contribution in [1.29, 1.82) is 0 Å². The van der Waals surface area contributed by atoms with Gasteiger partial charge in [-0.05, 0) is 72.9 Å². The standard InChI is InChI=1S/C20H19ClN3O3S/c21-13-7-8-16(19(22)25)17(10-13)28(27)24-20(26)23-18-14-5-1-3-11(14)9-12-4-2-6-15(12)18/h7-10H,1-6H2,(H2,22,25)(H,23,26)/q-1. The van der Waals surface area contributed by atoms with E-state index in [1.165, 1.54) is 29.3 Å². The summed E-state index contributed by atoms with van der Waals surface area (Å²) in [6, 6.07) is 5.75. The second-order valence-electron chi connectivity index (χ2n) is 7.01. The summed E-state index contributed by atoms with van der Waals surface area (Å²) < 4.78 is 16.3. The van der Waals surface area contributed by atoms with Gasteiger partial charge in [0.2, 0.25) is 5.91 Å². The Hall–Kier alpha value is -2.38. The van der Waals surface area contributed by atoms with Gasteiger partial charge in [0.25, 0.3) is 0 Å². The van der Waals surface area contributed by atoms with Gasteiger partial charge >= 0.3 is 6.03 Å². The minimum atomic E-state index is -2.10. The molecule has 0 aromatic heterocycles. The van der Waals surface area contributed by atoms with Crippen LogP contribution in [0.4, 0.5) is 10.5 Å². The molecular weight excluding hydrogens is 398 g/mol. The predicted molar refractivity (Wildman–Crippen MR) is 108 cm³/mol. The van der Waals surface area contributed by atoms with Crippen LogP contribution < -0.4 is 11.1 Å². The first-order chi connectivity index (χ1) is 13.4. The molecule has 146 valence electrons. The molecule has 4 rings (SSSR count). The van der Waals surface area contributed by atoms with Crippen LogP contribution in [-0.4, -0.2) is 11.9 Å². The Kier molecular flexibility index (Phi) is 5.12. The number of nitrogens with zero attached hydrogens (tertiary/aromatic N) is 1. The van der Waals surface area contributed by atoms with E-state index in [0.29, 0.717) is 0 Å². The van der Waals surface area contributed by atoms with Gasteiger partial charge < -0.3 is 19.6 Å². The second-order valence-corrected chi connectivity index (χ2v) is 8.57. The van der Waals surface area contributed by atoms with E-state index in [9.17, 15) is 13.8 Å². The number of hydrogen-bond donors (Lipinski definition) is 2. The largest absolute Gasteiger partial charge is 0.439 e. The van der Waals surface area contributed by atoms with Crippen LogP contribution in [-0.2, 0) is 40.5 Å². The quantitative estimate of drug-likeness (QED) is 0.734. The lowest BCUT2D eigenvalue weighted by atomic mass is 9.99. The fourth-order valence-corrected chi connectivity index (χ4v) is 5.18. The summed E-state index contributed by atoms with van der Waals surface area (Å²) in [6.45, 7) is 0. The lowest BCUT2D eigenvalue weighted by molar-refractivity contribution is 0.0997. The average Bonchev–Trinajstić information content (AvgIpc) is 3.30. The zero-order chi connectivity index (χ0) is 19.8. The smallest absolute Gasteiger partial charge is 0.322 e. The van der Waals surface area contributed by atoms with Crippen molar-refractivity contribution in [1.82, 2.24) is 0 Å². The third kappa shape index (κ3) is 3.52. The number of urea groups is 1. The Labute approximate surface area is 169 Å². The van der Waals surface area contributed by atoms with Gasteiger partial charge in [-0.2, -0.15) is 10.6 Å². The number of carbonyl (C=O) groups is 2. The molecule has 0 radical (unpaired) electrons. The number of primary amides is 1. The third-order valence-electron chi connectivity index (χ3n) is 5.27. The lowest BCUT2D eigenvalue weighted by Gasteiger charge is -2.16. The number of rotatable bonds is 3. The average molecular weight is 417 g/mol. The molecule has 0 spiro atoms. The maximum atomic E-state index is 12.6. The fraction of sp³-hybridized carbons (Fsp3) is 0.300. The number of benzene rings is 2. The van der Waals surface area contributed by atoms with Gasteiger partial charge in [0, 0.05) is 16.3 Å². The van der Waals surface area contributed by atoms with Crippen molar-refractivity contribution in [3.05, 3.63) is 57.1 Å². The topological polar surface area (TPSA) is 102 Å². The van der Waals surface area contributed by atoms with Crippen LogP contribution in [0.5, 0.6) is 0 Å². The molecule has 0 aliphatic heterocycles. The number of nitrogens with one attached hydrogen (secondary N) is 1. The van der Waals surface area contributed by atoms with Crippen LogP contribution in [0.25, 0.3) is 0 Å². The first-order valence-electron chi connectivity index (χ1n) is 9.14. The third-order valence-corrected chi connectivity index (χ3v) is 6.55. The van der Waals surface area contributed by atoms with E-state index in [0.717, 1.165) is 55.3 Å². The maximum Gasteiger partial charge on any atom is 0.322 e. The van der Waals surface area contributed by atoms with Crippen molar-refractivity contribution < 1.29 is 13.8 Å². The fourth-order valence-electron chi connectivity index (χ4n) is 4.07. The number of nitrogens with two attached hydrogens (primary N) is 1. The number of halogens is 1. The summed E-state index contributed by atoms with van der Waals surface area (Å²) in [5, 5.41) is 3.14.